The van der Waals surface area contributed by atoms with Crippen LogP contribution in [0.5, 0.6) is 0 Å². The Morgan fingerprint density at radius 1 is 0.893 bits per heavy atom. The van der Waals surface area contributed by atoms with Gasteiger partial charge in [-0.15, -0.1) is 0 Å². The Morgan fingerprint density at radius 3 is 2.36 bits per heavy atom. The van der Waals surface area contributed by atoms with E-state index in [1.165, 1.54) is 5.56 Å². The second-order valence-corrected chi connectivity index (χ2v) is 7.14. The van der Waals surface area contributed by atoms with Crippen molar-refractivity contribution in [2.24, 2.45) is 0 Å². The Balaban J connectivity index is 1.32. The van der Waals surface area contributed by atoms with Gasteiger partial charge >= 0.3 is 0 Å². The van der Waals surface area contributed by atoms with E-state index < -0.39 is 0 Å². The Labute approximate surface area is 168 Å². The fourth-order valence-corrected chi connectivity index (χ4v) is 3.22. The number of aromatic amines is 1. The number of hydrogen-bond donors (Lipinski definition) is 2. The molecule has 0 aliphatic heterocycles. The summed E-state index contributed by atoms with van der Waals surface area (Å²) in [6, 6.07) is 23.2. The Bertz CT molecular complexity index is 1050. The van der Waals surface area contributed by atoms with E-state index >= 15 is 0 Å². The maximum atomic E-state index is 12.3. The summed E-state index contributed by atoms with van der Waals surface area (Å²) in [7, 11) is 0. The van der Waals surface area contributed by atoms with E-state index in [1.807, 2.05) is 72.8 Å². The number of amides is 1. The first-order valence-corrected chi connectivity index (χ1v) is 9.60. The fraction of sp³-hybridized carbons (Fsp3) is 0.130. The van der Waals surface area contributed by atoms with Crippen LogP contribution in [0.3, 0.4) is 0 Å². The topological polar surface area (TPSA) is 57.8 Å². The number of hydrogen-bond acceptors (Lipinski definition) is 2. The number of carbonyl (C=O) groups excluding carboxylic acids is 1. The monoisotopic (exact) mass is 389 g/mol. The van der Waals surface area contributed by atoms with Gasteiger partial charge in [0.2, 0.25) is 0 Å². The highest BCUT2D eigenvalue weighted by Crippen LogP contribution is 2.13. The summed E-state index contributed by atoms with van der Waals surface area (Å²) in [4.78, 5) is 20.3. The number of rotatable bonds is 6. The zero-order valence-corrected chi connectivity index (χ0v) is 16.0. The highest BCUT2D eigenvalue weighted by atomic mass is 35.5. The minimum atomic E-state index is -0.0845. The van der Waals surface area contributed by atoms with Crippen molar-refractivity contribution in [3.05, 3.63) is 100 Å². The van der Waals surface area contributed by atoms with Crippen molar-refractivity contribution in [3.8, 4) is 0 Å². The van der Waals surface area contributed by atoms with Gasteiger partial charge < -0.3 is 10.3 Å². The molecular formula is C23H20ClN3O. The quantitative estimate of drug-likeness (QED) is 0.491. The molecule has 0 radical (unpaired) electrons. The van der Waals surface area contributed by atoms with Crippen LogP contribution in [0.4, 0.5) is 0 Å². The van der Waals surface area contributed by atoms with Crippen LogP contribution in [0.25, 0.3) is 11.0 Å². The van der Waals surface area contributed by atoms with E-state index in [0.29, 0.717) is 17.1 Å². The molecule has 4 rings (SSSR count). The molecule has 1 amide bonds. The summed E-state index contributed by atoms with van der Waals surface area (Å²) in [6.07, 6.45) is 1.70. The van der Waals surface area contributed by atoms with Crippen molar-refractivity contribution in [2.45, 2.75) is 19.4 Å². The van der Waals surface area contributed by atoms with Gasteiger partial charge in [0, 0.05) is 23.6 Å². The molecule has 1 heterocycles. The summed E-state index contributed by atoms with van der Waals surface area (Å²) < 4.78 is 0. The van der Waals surface area contributed by atoms with E-state index in [2.05, 4.69) is 15.3 Å². The highest BCUT2D eigenvalue weighted by molar-refractivity contribution is 6.30. The average Bonchev–Trinajstić information content (AvgIpc) is 3.15. The van der Waals surface area contributed by atoms with Gasteiger partial charge in [0.15, 0.2) is 0 Å². The smallest absolute Gasteiger partial charge is 0.251 e. The molecule has 1 aromatic heterocycles. The second-order valence-electron chi connectivity index (χ2n) is 6.71. The predicted molar refractivity (Wildman–Crippen MR) is 113 cm³/mol. The molecule has 5 heteroatoms. The number of imidazole rings is 1. The van der Waals surface area contributed by atoms with Crippen molar-refractivity contribution in [1.29, 1.82) is 0 Å². The summed E-state index contributed by atoms with van der Waals surface area (Å²) in [5, 5.41) is 3.62. The molecule has 0 bridgehead atoms. The molecule has 2 N–H and O–H groups in total. The number of nitrogens with zero attached hydrogens (tertiary/aromatic N) is 1. The van der Waals surface area contributed by atoms with E-state index in [0.717, 1.165) is 35.3 Å². The SMILES string of the molecule is O=C(NCc1ccc(Cl)cc1)c1ccc(CCc2nc3ccccc3[nH]2)cc1. The lowest BCUT2D eigenvalue weighted by molar-refractivity contribution is 0.0951. The van der Waals surface area contributed by atoms with E-state index in [4.69, 9.17) is 11.6 Å². The maximum Gasteiger partial charge on any atom is 0.251 e. The average molecular weight is 390 g/mol. The zero-order chi connectivity index (χ0) is 19.3. The molecular weight excluding hydrogens is 370 g/mol. The summed E-state index contributed by atoms with van der Waals surface area (Å²) in [5.41, 5.74) is 4.90. The lowest BCUT2D eigenvalue weighted by Gasteiger charge is -2.07. The standard InChI is InChI=1S/C23H20ClN3O/c24-19-12-7-17(8-13-19)15-25-23(28)18-10-5-16(6-11-18)9-14-22-26-20-3-1-2-4-21(20)27-22/h1-8,10-13H,9,14-15H2,(H,25,28)(H,26,27). The molecule has 4 nitrogen and oxygen atoms in total. The van der Waals surface area contributed by atoms with Gasteiger partial charge in [0.05, 0.1) is 11.0 Å². The van der Waals surface area contributed by atoms with E-state index in [9.17, 15) is 4.79 Å². The lowest BCUT2D eigenvalue weighted by Crippen LogP contribution is -2.22. The third-order valence-corrected chi connectivity index (χ3v) is 4.92. The molecule has 0 fully saturated rings. The van der Waals surface area contributed by atoms with Gasteiger partial charge in [0.25, 0.3) is 5.91 Å². The minimum absolute atomic E-state index is 0.0845. The molecule has 0 atom stereocenters. The van der Waals surface area contributed by atoms with Gasteiger partial charge in [-0.2, -0.15) is 0 Å². The zero-order valence-electron chi connectivity index (χ0n) is 15.3. The summed E-state index contributed by atoms with van der Waals surface area (Å²) in [6.45, 7) is 0.476. The third kappa shape index (κ3) is 4.41. The molecule has 0 spiro atoms. The van der Waals surface area contributed by atoms with Crippen LogP contribution in [0.15, 0.2) is 72.8 Å². The van der Waals surface area contributed by atoms with Crippen LogP contribution in [0, 0.1) is 0 Å². The highest BCUT2D eigenvalue weighted by Gasteiger charge is 2.07. The molecule has 0 unspecified atom stereocenters. The molecule has 4 aromatic rings. The lowest BCUT2D eigenvalue weighted by atomic mass is 10.1. The van der Waals surface area contributed by atoms with Crippen LogP contribution in [-0.2, 0) is 19.4 Å². The van der Waals surface area contributed by atoms with Crippen LogP contribution in [0.1, 0.15) is 27.3 Å². The van der Waals surface area contributed by atoms with Crippen LogP contribution in [0.2, 0.25) is 5.02 Å². The molecule has 0 saturated carbocycles. The van der Waals surface area contributed by atoms with Crippen molar-refractivity contribution in [1.82, 2.24) is 15.3 Å². The molecule has 0 aliphatic rings. The van der Waals surface area contributed by atoms with Crippen molar-refractivity contribution in [2.75, 3.05) is 0 Å². The largest absolute Gasteiger partial charge is 0.348 e. The number of nitrogens with one attached hydrogen (secondary N) is 2. The molecule has 140 valence electrons. The predicted octanol–water partition coefficient (Wildman–Crippen LogP) is 4.93. The van der Waals surface area contributed by atoms with Crippen molar-refractivity contribution in [3.63, 3.8) is 0 Å². The van der Waals surface area contributed by atoms with E-state index in [-0.39, 0.29) is 5.91 Å². The number of carbonyl (C=O) groups is 1. The van der Waals surface area contributed by atoms with Crippen molar-refractivity contribution < 1.29 is 4.79 Å². The number of aromatic nitrogens is 2. The normalized spacial score (nSPS) is 10.9. The number of halogens is 1. The Hall–Kier alpha value is -3.11. The van der Waals surface area contributed by atoms with Crippen LogP contribution < -0.4 is 5.32 Å². The summed E-state index contributed by atoms with van der Waals surface area (Å²) >= 11 is 5.88. The Morgan fingerprint density at radius 2 is 1.61 bits per heavy atom. The fourth-order valence-electron chi connectivity index (χ4n) is 3.10. The Kier molecular flexibility index (Phi) is 5.40. The van der Waals surface area contributed by atoms with Gasteiger partial charge in [-0.1, -0.05) is 48.0 Å². The van der Waals surface area contributed by atoms with Gasteiger partial charge in [-0.3, -0.25) is 4.79 Å². The second kappa shape index (κ2) is 8.28. The van der Waals surface area contributed by atoms with Gasteiger partial charge in [-0.05, 0) is 53.9 Å². The third-order valence-electron chi connectivity index (χ3n) is 4.67. The first kappa shape index (κ1) is 18.3. The molecule has 0 aliphatic carbocycles. The van der Waals surface area contributed by atoms with Crippen LogP contribution in [-0.4, -0.2) is 15.9 Å². The van der Waals surface area contributed by atoms with Gasteiger partial charge in [-0.25, -0.2) is 4.98 Å². The molecule has 0 saturated heterocycles. The number of aryl methyl sites for hydroxylation is 2. The summed E-state index contributed by atoms with van der Waals surface area (Å²) in [5.74, 6) is 0.893. The number of para-hydroxylation sites is 2. The molecule has 28 heavy (non-hydrogen) atoms. The van der Waals surface area contributed by atoms with Gasteiger partial charge in [0.1, 0.15) is 5.82 Å². The number of benzene rings is 3. The molecule has 3 aromatic carbocycles. The van der Waals surface area contributed by atoms with E-state index in [1.54, 1.807) is 0 Å². The first-order chi connectivity index (χ1) is 13.7. The first-order valence-electron chi connectivity index (χ1n) is 9.22. The minimum Gasteiger partial charge on any atom is -0.348 e. The van der Waals surface area contributed by atoms with Crippen molar-refractivity contribution >= 4 is 28.5 Å². The van der Waals surface area contributed by atoms with Crippen LogP contribution >= 0.6 is 11.6 Å². The maximum absolute atomic E-state index is 12.3. The number of fused-ring (bicyclic) bond motifs is 1. The number of H-pyrrole nitrogens is 1.